The zero-order chi connectivity index (χ0) is 64.9. The number of carbonyl (C=O) groups excluding carboxylic acids is 8. The molecule has 2 aliphatic heterocycles. The summed E-state index contributed by atoms with van der Waals surface area (Å²) in [5.74, 6) is -3.64. The van der Waals surface area contributed by atoms with Gasteiger partial charge in [-0.05, 0) is 119 Å². The summed E-state index contributed by atoms with van der Waals surface area (Å²) >= 11 is 0. The number of likely N-dealkylation sites (N-methyl/N-ethyl adjacent to an activating group) is 2. The van der Waals surface area contributed by atoms with Crippen molar-refractivity contribution in [2.75, 3.05) is 40.4 Å². The van der Waals surface area contributed by atoms with Gasteiger partial charge in [0.05, 0.1) is 50.6 Å². The van der Waals surface area contributed by atoms with Gasteiger partial charge in [0, 0.05) is 36.7 Å². The molecule has 5 aromatic rings. The van der Waals surface area contributed by atoms with Gasteiger partial charge in [-0.3, -0.25) is 38.4 Å². The van der Waals surface area contributed by atoms with E-state index in [0.29, 0.717) is 18.8 Å². The van der Waals surface area contributed by atoms with Crippen LogP contribution >= 0.6 is 0 Å². The maximum absolute atomic E-state index is 15.2. The van der Waals surface area contributed by atoms with Crippen molar-refractivity contribution in [3.05, 3.63) is 179 Å². The van der Waals surface area contributed by atoms with Gasteiger partial charge in [0.25, 0.3) is 5.91 Å². The molecule has 7 amide bonds. The van der Waals surface area contributed by atoms with Gasteiger partial charge in [0.2, 0.25) is 35.4 Å². The summed E-state index contributed by atoms with van der Waals surface area (Å²) in [5.41, 5.74) is 4.17. The van der Waals surface area contributed by atoms with Crippen LogP contribution in [0.25, 0.3) is 0 Å². The van der Waals surface area contributed by atoms with Crippen LogP contribution in [-0.4, -0.2) is 140 Å². The standard InChI is InChI=1S/C73H93N9O10/c1-48(74-3)67(84)79-65(56-31-19-9-20-32-56)72(89)81-42-52(39-62(81)70(87)77-60(53-27-15-7-16-28-53)46-91-44-50-23-11-5-12-24-50)40-64(83)55-35-37-58(38-36-55)69(86)76-59-41-63(82(43-59)73(90)66(57-33-21-10-22-34-57)80-68(85)49(2)75-4)71(88)78-61(54-29-17-8-18-30-54)47-92-45-51-25-13-6-14-26-51/h5-8,11-18,23-30,35-38,48-49,52,56-57,59-63,65-66,74-75H,9-10,19-22,31-34,39-47H2,1-4H3,(H,76,86)(H,77,87)(H,78,88)(H,79,84)(H,80,85)/t48-,49-,52+,59-,60+,61+,62-,63-,65-,66-/m0/s1. The number of hydrogen-bond acceptors (Lipinski definition) is 12. The second-order valence-electron chi connectivity index (χ2n) is 25.5. The fourth-order valence-electron chi connectivity index (χ4n) is 13.4. The lowest BCUT2D eigenvalue weighted by molar-refractivity contribution is -0.143. The molecule has 19 nitrogen and oxygen atoms in total. The molecule has 0 unspecified atom stereocenters. The van der Waals surface area contributed by atoms with E-state index in [1.165, 1.54) is 4.90 Å². The molecule has 4 fully saturated rings. The molecule has 9 rings (SSSR count). The summed E-state index contributed by atoms with van der Waals surface area (Å²) in [6.07, 6.45) is 8.93. The number of Topliss-reactive ketones (excluding diaryl/α,β-unsaturated/α-hetero) is 1. The highest BCUT2D eigenvalue weighted by atomic mass is 16.5. The molecule has 2 saturated heterocycles. The summed E-state index contributed by atoms with van der Waals surface area (Å²) < 4.78 is 12.4. The van der Waals surface area contributed by atoms with Crippen molar-refractivity contribution in [2.45, 2.75) is 165 Å². The average Bonchev–Trinajstić information content (AvgIpc) is 1.75. The van der Waals surface area contributed by atoms with Crippen molar-refractivity contribution < 1.29 is 47.8 Å². The monoisotopic (exact) mass is 1260 g/mol. The third-order valence-corrected chi connectivity index (χ3v) is 19.0. The van der Waals surface area contributed by atoms with Crippen LogP contribution in [0.1, 0.15) is 152 Å². The number of ketones is 1. The topological polar surface area (TPSA) is 246 Å². The predicted octanol–water partition coefficient (Wildman–Crippen LogP) is 7.67. The molecule has 10 atom stereocenters. The van der Waals surface area contributed by atoms with Gasteiger partial charge in [-0.25, -0.2) is 0 Å². The molecule has 490 valence electrons. The second-order valence-corrected chi connectivity index (χ2v) is 25.5. The van der Waals surface area contributed by atoms with Crippen molar-refractivity contribution in [3.8, 4) is 0 Å². The molecular weight excluding hydrogens is 1160 g/mol. The Morgan fingerprint density at radius 2 is 0.880 bits per heavy atom. The molecule has 0 bridgehead atoms. The fourth-order valence-corrected chi connectivity index (χ4v) is 13.4. The van der Waals surface area contributed by atoms with E-state index in [9.17, 15) is 28.8 Å². The number of nitrogens with zero attached hydrogens (tertiary/aromatic N) is 2. The van der Waals surface area contributed by atoms with E-state index in [1.807, 2.05) is 121 Å². The van der Waals surface area contributed by atoms with E-state index in [1.54, 1.807) is 57.1 Å². The maximum atomic E-state index is 15.2. The average molecular weight is 1260 g/mol. The lowest BCUT2D eigenvalue weighted by atomic mass is 9.83. The summed E-state index contributed by atoms with van der Waals surface area (Å²) in [6, 6.07) is 38.1. The van der Waals surface area contributed by atoms with Crippen LogP contribution in [0.4, 0.5) is 0 Å². The minimum atomic E-state index is -1.02. The maximum Gasteiger partial charge on any atom is 0.251 e. The Hall–Kier alpha value is -8.10. The Kier molecular flexibility index (Phi) is 25.2. The second kappa shape index (κ2) is 34.0. The SMILES string of the molecule is CN[C@@H](C)C(=O)N[C@H](C(=O)N1C[C@@H](CC(=O)c2ccc(C(=O)N[C@H]3C[C@@H](C(=O)N[C@H](COCc4ccccc4)c4ccccc4)N(C(=O)[C@@H](NC(=O)[C@H](C)NC)C4CCCCC4)C3)cc2)C[C@H]1C(=O)N[C@H](COCc1ccccc1)c1ccccc1)C1CCCCC1. The van der Waals surface area contributed by atoms with Crippen molar-refractivity contribution in [2.24, 2.45) is 17.8 Å². The van der Waals surface area contributed by atoms with Crippen molar-refractivity contribution in [1.29, 1.82) is 0 Å². The van der Waals surface area contributed by atoms with Crippen LogP contribution in [0.15, 0.2) is 146 Å². The molecule has 2 saturated carbocycles. The molecule has 2 aliphatic carbocycles. The first kappa shape index (κ1) is 68.3. The molecule has 19 heteroatoms. The van der Waals surface area contributed by atoms with Crippen LogP contribution < -0.4 is 37.2 Å². The van der Waals surface area contributed by atoms with Gasteiger partial charge >= 0.3 is 0 Å². The number of carbonyl (C=O) groups is 8. The van der Waals surface area contributed by atoms with Crippen LogP contribution in [-0.2, 0) is 51.5 Å². The smallest absolute Gasteiger partial charge is 0.251 e. The van der Waals surface area contributed by atoms with Gasteiger partial charge in [-0.2, -0.15) is 0 Å². The number of nitrogens with one attached hydrogen (secondary N) is 7. The number of amides is 7. The third kappa shape index (κ3) is 18.6. The Morgan fingerprint density at radius 1 is 0.478 bits per heavy atom. The zero-order valence-electron chi connectivity index (χ0n) is 53.7. The lowest BCUT2D eigenvalue weighted by Crippen LogP contribution is -2.58. The largest absolute Gasteiger partial charge is 0.374 e. The number of benzene rings is 5. The highest BCUT2D eigenvalue weighted by Crippen LogP contribution is 2.34. The molecule has 2 heterocycles. The summed E-state index contributed by atoms with van der Waals surface area (Å²) in [5, 5.41) is 21.6. The van der Waals surface area contributed by atoms with Crippen LogP contribution in [0.2, 0.25) is 0 Å². The Balaban J connectivity index is 0.913. The highest BCUT2D eigenvalue weighted by Gasteiger charge is 2.47. The molecular formula is C73H93N9O10. The molecule has 0 aromatic heterocycles. The van der Waals surface area contributed by atoms with Crippen molar-refractivity contribution in [1.82, 2.24) is 47.0 Å². The fraction of sp³-hybridized carbons (Fsp3) is 0.479. The molecule has 0 spiro atoms. The first-order valence-corrected chi connectivity index (χ1v) is 33.1. The van der Waals surface area contributed by atoms with Gasteiger partial charge in [0.15, 0.2) is 5.78 Å². The summed E-state index contributed by atoms with van der Waals surface area (Å²) in [6.45, 7) is 4.49. The quantitative estimate of drug-likeness (QED) is 0.0228. The van der Waals surface area contributed by atoms with Crippen LogP contribution in [0.5, 0.6) is 0 Å². The Labute approximate surface area is 541 Å². The summed E-state index contributed by atoms with van der Waals surface area (Å²) in [7, 11) is 3.36. The number of likely N-dealkylation sites (tertiary alicyclic amines) is 2. The van der Waals surface area contributed by atoms with Gasteiger partial charge in [-0.1, -0.05) is 172 Å². The number of hydrogen-bond donors (Lipinski definition) is 7. The Morgan fingerprint density at radius 3 is 1.32 bits per heavy atom. The van der Waals surface area contributed by atoms with Gasteiger partial charge in [0.1, 0.15) is 24.2 Å². The summed E-state index contributed by atoms with van der Waals surface area (Å²) in [4.78, 5) is 119. The number of ether oxygens (including phenoxy) is 2. The molecule has 0 radical (unpaired) electrons. The van der Waals surface area contributed by atoms with Crippen LogP contribution in [0, 0.1) is 17.8 Å². The first-order valence-electron chi connectivity index (χ1n) is 33.1. The minimum Gasteiger partial charge on any atom is -0.374 e. The van der Waals surface area contributed by atoms with E-state index in [-0.39, 0.29) is 92.4 Å². The first-order chi connectivity index (χ1) is 44.7. The Bertz CT molecular complexity index is 3010. The van der Waals surface area contributed by atoms with E-state index in [2.05, 4.69) is 37.2 Å². The number of rotatable bonds is 29. The zero-order valence-corrected chi connectivity index (χ0v) is 53.7. The van der Waals surface area contributed by atoms with Crippen LogP contribution in [0.3, 0.4) is 0 Å². The van der Waals surface area contributed by atoms with E-state index < -0.39 is 78.0 Å². The molecule has 4 aliphatic rings. The van der Waals surface area contributed by atoms with Gasteiger partial charge in [-0.15, -0.1) is 0 Å². The molecule has 5 aromatic carbocycles. The molecule has 7 N–H and O–H groups in total. The van der Waals surface area contributed by atoms with Crippen molar-refractivity contribution >= 4 is 47.1 Å². The third-order valence-electron chi connectivity index (χ3n) is 19.0. The van der Waals surface area contributed by atoms with E-state index in [0.717, 1.165) is 86.5 Å². The molecule has 92 heavy (non-hydrogen) atoms. The minimum absolute atomic E-state index is 0.00186. The van der Waals surface area contributed by atoms with E-state index in [4.69, 9.17) is 9.47 Å². The lowest BCUT2D eigenvalue weighted by Gasteiger charge is -2.35. The predicted molar refractivity (Wildman–Crippen MR) is 351 cm³/mol. The van der Waals surface area contributed by atoms with Gasteiger partial charge < -0.3 is 56.5 Å². The van der Waals surface area contributed by atoms with E-state index >= 15 is 9.59 Å². The van der Waals surface area contributed by atoms with Crippen molar-refractivity contribution in [3.63, 3.8) is 0 Å². The highest BCUT2D eigenvalue weighted by molar-refractivity contribution is 6.00. The normalized spacial score (nSPS) is 20.6.